The Morgan fingerprint density at radius 3 is 2.62 bits per heavy atom. The van der Waals surface area contributed by atoms with Crippen LogP contribution in [0.2, 0.25) is 0 Å². The fourth-order valence-electron chi connectivity index (χ4n) is 1.04. The van der Waals surface area contributed by atoms with Crippen LogP contribution in [-0.2, 0) is 0 Å². The molecule has 3 N–H and O–H groups in total. The van der Waals surface area contributed by atoms with Crippen LogP contribution in [0.5, 0.6) is 0 Å². The van der Waals surface area contributed by atoms with Crippen molar-refractivity contribution in [3.8, 4) is 0 Å². The Morgan fingerprint density at radius 2 is 2.23 bits per heavy atom. The number of hydrogen-bond donors (Lipinski definition) is 2. The number of anilines is 1. The molecule has 1 aromatic rings. The highest BCUT2D eigenvalue weighted by molar-refractivity contribution is 9.10. The first kappa shape index (κ1) is 9.98. The summed E-state index contributed by atoms with van der Waals surface area (Å²) in [6.07, 6.45) is 0. The van der Waals surface area contributed by atoms with E-state index >= 15 is 0 Å². The minimum absolute atomic E-state index is 0.128. The molecule has 0 bridgehead atoms. The van der Waals surface area contributed by atoms with Gasteiger partial charge in [-0.1, -0.05) is 0 Å². The molecule has 0 aromatic heterocycles. The molecule has 0 heterocycles. The molecule has 0 atom stereocenters. The maximum Gasteiger partial charge on any atom is 0.253 e. The fraction of sp³-hybridized carbons (Fsp3) is 0.125. The highest BCUT2D eigenvalue weighted by Gasteiger charge is 2.15. The molecule has 0 aliphatic rings. The second-order valence-corrected chi connectivity index (χ2v) is 3.25. The van der Waals surface area contributed by atoms with E-state index in [1.807, 2.05) is 0 Å². The minimum atomic E-state index is -0.789. The van der Waals surface area contributed by atoms with E-state index in [-0.39, 0.29) is 5.56 Å². The lowest BCUT2D eigenvalue weighted by molar-refractivity contribution is 0.0997. The second-order valence-electron chi connectivity index (χ2n) is 2.39. The van der Waals surface area contributed by atoms with Gasteiger partial charge in [-0.25, -0.2) is 4.39 Å². The van der Waals surface area contributed by atoms with Gasteiger partial charge in [-0.15, -0.1) is 0 Å². The van der Waals surface area contributed by atoms with Gasteiger partial charge < -0.3 is 11.1 Å². The third-order valence-corrected chi connectivity index (χ3v) is 2.26. The molecule has 0 saturated carbocycles. The van der Waals surface area contributed by atoms with Crippen molar-refractivity contribution in [1.29, 1.82) is 0 Å². The molecular weight excluding hydrogens is 239 g/mol. The van der Waals surface area contributed by atoms with Crippen molar-refractivity contribution in [2.45, 2.75) is 0 Å². The second kappa shape index (κ2) is 3.74. The van der Waals surface area contributed by atoms with Crippen molar-refractivity contribution < 1.29 is 9.18 Å². The van der Waals surface area contributed by atoms with Gasteiger partial charge >= 0.3 is 0 Å². The summed E-state index contributed by atoms with van der Waals surface area (Å²) >= 11 is 3.17. The number of halogens is 2. The van der Waals surface area contributed by atoms with Crippen LogP contribution in [0, 0.1) is 5.82 Å². The van der Waals surface area contributed by atoms with Crippen LogP contribution in [-0.4, -0.2) is 13.0 Å². The van der Waals surface area contributed by atoms with Gasteiger partial charge in [-0.3, -0.25) is 4.79 Å². The number of benzene rings is 1. The predicted octanol–water partition coefficient (Wildman–Crippen LogP) is 1.73. The average Bonchev–Trinajstić information content (AvgIpc) is 2.07. The van der Waals surface area contributed by atoms with E-state index in [9.17, 15) is 9.18 Å². The van der Waals surface area contributed by atoms with Gasteiger partial charge in [0.1, 0.15) is 5.82 Å². The Morgan fingerprint density at radius 1 is 1.62 bits per heavy atom. The summed E-state index contributed by atoms with van der Waals surface area (Å²) in [4.78, 5) is 10.9. The van der Waals surface area contributed by atoms with Crippen molar-refractivity contribution in [3.63, 3.8) is 0 Å². The van der Waals surface area contributed by atoms with Crippen molar-refractivity contribution in [2.24, 2.45) is 5.73 Å². The van der Waals surface area contributed by atoms with E-state index < -0.39 is 11.7 Å². The maximum absolute atomic E-state index is 13.1. The van der Waals surface area contributed by atoms with Gasteiger partial charge in [0, 0.05) is 11.5 Å². The van der Waals surface area contributed by atoms with Crippen LogP contribution < -0.4 is 11.1 Å². The van der Waals surface area contributed by atoms with Crippen molar-refractivity contribution in [2.75, 3.05) is 12.4 Å². The minimum Gasteiger partial charge on any atom is -0.386 e. The summed E-state index contributed by atoms with van der Waals surface area (Å²) in [6, 6.07) is 2.69. The Bertz CT molecular complexity index is 354. The van der Waals surface area contributed by atoms with E-state index in [4.69, 9.17) is 5.73 Å². The van der Waals surface area contributed by atoms with Crippen LogP contribution >= 0.6 is 15.9 Å². The molecule has 13 heavy (non-hydrogen) atoms. The Labute approximate surface area is 83.2 Å². The standard InChI is InChI=1S/C8H8BrFN2O/c1-12-7-4(9)2-3-5(10)6(7)8(11)13/h2-3,12H,1H3,(H2,11,13). The zero-order valence-corrected chi connectivity index (χ0v) is 8.48. The SMILES string of the molecule is CNc1c(Br)ccc(F)c1C(N)=O. The molecule has 0 saturated heterocycles. The summed E-state index contributed by atoms with van der Waals surface area (Å²) in [5.41, 5.74) is 5.26. The quantitative estimate of drug-likeness (QED) is 0.836. The van der Waals surface area contributed by atoms with Gasteiger partial charge in [0.25, 0.3) is 5.91 Å². The van der Waals surface area contributed by atoms with E-state index in [2.05, 4.69) is 21.2 Å². The molecule has 0 fully saturated rings. The summed E-state index contributed by atoms with van der Waals surface area (Å²) in [5.74, 6) is -1.41. The van der Waals surface area contributed by atoms with E-state index in [1.165, 1.54) is 12.1 Å². The largest absolute Gasteiger partial charge is 0.386 e. The van der Waals surface area contributed by atoms with E-state index in [1.54, 1.807) is 7.05 Å². The number of nitrogens with two attached hydrogens (primary N) is 1. The molecule has 0 aliphatic carbocycles. The smallest absolute Gasteiger partial charge is 0.253 e. The molecule has 0 spiro atoms. The van der Waals surface area contributed by atoms with Crippen LogP contribution in [0.25, 0.3) is 0 Å². The number of hydrogen-bond acceptors (Lipinski definition) is 2. The molecule has 1 amide bonds. The van der Waals surface area contributed by atoms with Gasteiger partial charge in [-0.05, 0) is 28.1 Å². The highest BCUT2D eigenvalue weighted by Crippen LogP contribution is 2.27. The van der Waals surface area contributed by atoms with Gasteiger partial charge in [0.2, 0.25) is 0 Å². The Hall–Kier alpha value is -1.10. The summed E-state index contributed by atoms with van der Waals surface area (Å²) in [7, 11) is 1.59. The van der Waals surface area contributed by atoms with Crippen molar-refractivity contribution in [1.82, 2.24) is 0 Å². The summed E-state index contributed by atoms with van der Waals surface area (Å²) in [5, 5.41) is 2.70. The van der Waals surface area contributed by atoms with E-state index in [0.717, 1.165) is 0 Å². The lowest BCUT2D eigenvalue weighted by Crippen LogP contribution is -2.15. The zero-order valence-electron chi connectivity index (χ0n) is 6.90. The Kier molecular flexibility index (Phi) is 2.87. The molecule has 0 radical (unpaired) electrons. The van der Waals surface area contributed by atoms with Crippen molar-refractivity contribution >= 4 is 27.5 Å². The Balaban J connectivity index is 3.43. The van der Waals surface area contributed by atoms with Crippen LogP contribution in [0.4, 0.5) is 10.1 Å². The maximum atomic E-state index is 13.1. The monoisotopic (exact) mass is 246 g/mol. The summed E-state index contributed by atoms with van der Waals surface area (Å²) < 4.78 is 13.7. The van der Waals surface area contributed by atoms with Gasteiger partial charge in [-0.2, -0.15) is 0 Å². The molecule has 5 heteroatoms. The first-order valence-corrected chi connectivity index (χ1v) is 4.32. The van der Waals surface area contributed by atoms with Crippen LogP contribution in [0.15, 0.2) is 16.6 Å². The highest BCUT2D eigenvalue weighted by atomic mass is 79.9. The summed E-state index contributed by atoms with van der Waals surface area (Å²) in [6.45, 7) is 0. The third kappa shape index (κ3) is 1.80. The predicted molar refractivity (Wildman–Crippen MR) is 52.2 cm³/mol. The molecule has 3 nitrogen and oxygen atoms in total. The lowest BCUT2D eigenvalue weighted by Gasteiger charge is -2.08. The van der Waals surface area contributed by atoms with Crippen LogP contribution in [0.1, 0.15) is 10.4 Å². The number of primary amides is 1. The zero-order chi connectivity index (χ0) is 10.0. The first-order valence-electron chi connectivity index (χ1n) is 3.53. The molecule has 1 rings (SSSR count). The third-order valence-electron chi connectivity index (χ3n) is 1.60. The van der Waals surface area contributed by atoms with Gasteiger partial charge in [0.15, 0.2) is 0 Å². The molecule has 1 aromatic carbocycles. The topological polar surface area (TPSA) is 55.1 Å². The molecule has 0 aliphatic heterocycles. The number of carbonyl (C=O) groups is 1. The number of amides is 1. The van der Waals surface area contributed by atoms with Crippen LogP contribution in [0.3, 0.4) is 0 Å². The lowest BCUT2D eigenvalue weighted by atomic mass is 10.1. The number of carbonyl (C=O) groups excluding carboxylic acids is 1. The average molecular weight is 247 g/mol. The normalized spacial score (nSPS) is 9.77. The number of rotatable bonds is 2. The van der Waals surface area contributed by atoms with E-state index in [0.29, 0.717) is 10.2 Å². The number of nitrogens with one attached hydrogen (secondary N) is 1. The molecule has 70 valence electrons. The molecular formula is C8H8BrFN2O. The van der Waals surface area contributed by atoms with Crippen molar-refractivity contribution in [3.05, 3.63) is 28.0 Å². The molecule has 0 unspecified atom stereocenters. The fourth-order valence-corrected chi connectivity index (χ4v) is 1.57. The first-order chi connectivity index (χ1) is 6.07. The van der Waals surface area contributed by atoms with Gasteiger partial charge in [0.05, 0.1) is 11.3 Å².